The zero-order chi connectivity index (χ0) is 11.7. The maximum Gasteiger partial charge on any atom is 0.127 e. The maximum absolute atomic E-state index is 9.72. The van der Waals surface area contributed by atoms with Crippen LogP contribution in [0.25, 0.3) is 11.1 Å². The average Bonchev–Trinajstić information content (AvgIpc) is 2.20. The van der Waals surface area contributed by atoms with Crippen molar-refractivity contribution in [3.63, 3.8) is 0 Å². The van der Waals surface area contributed by atoms with Crippen molar-refractivity contribution in [2.24, 2.45) is 0 Å². The second kappa shape index (κ2) is 3.77. The first-order chi connectivity index (χ1) is 7.59. The standard InChI is InChI=1S/C13H12O3/c1-8-7-9(14)5-6-10(8)13-11(15)3-2-4-12(13)16/h2-7,14-16H,1H3. The van der Waals surface area contributed by atoms with Gasteiger partial charge in [0.25, 0.3) is 0 Å². The highest BCUT2D eigenvalue weighted by Gasteiger charge is 2.11. The normalized spacial score (nSPS) is 10.3. The molecule has 3 N–H and O–H groups in total. The number of aromatic hydroxyl groups is 3. The summed E-state index contributed by atoms with van der Waals surface area (Å²) in [6.45, 7) is 1.81. The Hall–Kier alpha value is -2.16. The summed E-state index contributed by atoms with van der Waals surface area (Å²) < 4.78 is 0. The number of phenols is 3. The van der Waals surface area contributed by atoms with Gasteiger partial charge in [-0.3, -0.25) is 0 Å². The van der Waals surface area contributed by atoms with Crippen LogP contribution in [0, 0.1) is 6.92 Å². The number of hydrogen-bond donors (Lipinski definition) is 3. The van der Waals surface area contributed by atoms with E-state index in [4.69, 9.17) is 0 Å². The molecular formula is C13H12O3. The average molecular weight is 216 g/mol. The molecule has 2 rings (SSSR count). The first kappa shape index (κ1) is 10.4. The van der Waals surface area contributed by atoms with Gasteiger partial charge >= 0.3 is 0 Å². The highest BCUT2D eigenvalue weighted by Crippen LogP contribution is 2.39. The first-order valence-electron chi connectivity index (χ1n) is 4.90. The Kier molecular flexibility index (Phi) is 2.44. The predicted octanol–water partition coefficient (Wildman–Crippen LogP) is 2.78. The smallest absolute Gasteiger partial charge is 0.127 e. The van der Waals surface area contributed by atoms with Crippen LogP contribution >= 0.6 is 0 Å². The first-order valence-corrected chi connectivity index (χ1v) is 4.90. The topological polar surface area (TPSA) is 60.7 Å². The third-order valence-electron chi connectivity index (χ3n) is 2.50. The minimum Gasteiger partial charge on any atom is -0.508 e. The molecule has 82 valence electrons. The zero-order valence-electron chi connectivity index (χ0n) is 8.81. The van der Waals surface area contributed by atoms with E-state index in [0.29, 0.717) is 11.1 Å². The van der Waals surface area contributed by atoms with Crippen LogP contribution < -0.4 is 0 Å². The Balaban J connectivity index is 2.68. The number of hydrogen-bond acceptors (Lipinski definition) is 3. The molecule has 3 heteroatoms. The third kappa shape index (κ3) is 1.67. The molecule has 2 aromatic carbocycles. The molecule has 0 aromatic heterocycles. The van der Waals surface area contributed by atoms with E-state index < -0.39 is 0 Å². The van der Waals surface area contributed by atoms with Crippen LogP contribution in [0.5, 0.6) is 17.2 Å². The second-order valence-electron chi connectivity index (χ2n) is 3.67. The molecule has 0 aliphatic rings. The van der Waals surface area contributed by atoms with Gasteiger partial charge in [-0.05, 0) is 42.3 Å². The number of phenolic OH excluding ortho intramolecular Hbond substituents is 3. The van der Waals surface area contributed by atoms with Crippen molar-refractivity contribution in [1.29, 1.82) is 0 Å². The maximum atomic E-state index is 9.72. The highest BCUT2D eigenvalue weighted by molar-refractivity contribution is 5.78. The largest absolute Gasteiger partial charge is 0.508 e. The van der Waals surface area contributed by atoms with Gasteiger partial charge in [0.2, 0.25) is 0 Å². The molecule has 0 fully saturated rings. The fourth-order valence-corrected chi connectivity index (χ4v) is 1.73. The van der Waals surface area contributed by atoms with E-state index in [1.54, 1.807) is 25.1 Å². The van der Waals surface area contributed by atoms with Gasteiger partial charge in [-0.1, -0.05) is 12.1 Å². The molecule has 0 saturated heterocycles. The minimum atomic E-state index is 0.0220. The van der Waals surface area contributed by atoms with Gasteiger partial charge in [0.05, 0.1) is 5.56 Å². The summed E-state index contributed by atoms with van der Waals surface area (Å²) in [6.07, 6.45) is 0. The van der Waals surface area contributed by atoms with Crippen LogP contribution in [-0.2, 0) is 0 Å². The molecular weight excluding hydrogens is 204 g/mol. The van der Waals surface area contributed by atoms with Crippen molar-refractivity contribution in [2.75, 3.05) is 0 Å². The van der Waals surface area contributed by atoms with Crippen LogP contribution in [0.15, 0.2) is 36.4 Å². The number of benzene rings is 2. The summed E-state index contributed by atoms with van der Waals surface area (Å²) in [6, 6.07) is 9.38. The SMILES string of the molecule is Cc1cc(O)ccc1-c1c(O)cccc1O. The fourth-order valence-electron chi connectivity index (χ4n) is 1.73. The van der Waals surface area contributed by atoms with E-state index in [1.165, 1.54) is 18.2 Å². The van der Waals surface area contributed by atoms with Gasteiger partial charge in [-0.25, -0.2) is 0 Å². The summed E-state index contributed by atoms with van der Waals surface area (Å²) in [5.74, 6) is 0.207. The molecule has 0 aliphatic heterocycles. The second-order valence-corrected chi connectivity index (χ2v) is 3.67. The third-order valence-corrected chi connectivity index (χ3v) is 2.50. The quantitative estimate of drug-likeness (QED) is 0.686. The van der Waals surface area contributed by atoms with Crippen molar-refractivity contribution >= 4 is 0 Å². The van der Waals surface area contributed by atoms with E-state index >= 15 is 0 Å². The summed E-state index contributed by atoms with van der Waals surface area (Å²) in [7, 11) is 0. The molecule has 0 bridgehead atoms. The number of aryl methyl sites for hydroxylation is 1. The Bertz CT molecular complexity index is 512. The van der Waals surface area contributed by atoms with Crippen molar-refractivity contribution < 1.29 is 15.3 Å². The lowest BCUT2D eigenvalue weighted by molar-refractivity contribution is 0.454. The van der Waals surface area contributed by atoms with E-state index in [1.807, 2.05) is 0 Å². The van der Waals surface area contributed by atoms with E-state index in [0.717, 1.165) is 5.56 Å². The summed E-state index contributed by atoms with van der Waals surface area (Å²) in [5, 5.41) is 28.7. The van der Waals surface area contributed by atoms with Crippen molar-refractivity contribution in [1.82, 2.24) is 0 Å². The molecule has 0 saturated carbocycles. The molecule has 2 aromatic rings. The van der Waals surface area contributed by atoms with Gasteiger partial charge < -0.3 is 15.3 Å². The van der Waals surface area contributed by atoms with Crippen LogP contribution in [0.4, 0.5) is 0 Å². The monoisotopic (exact) mass is 216 g/mol. The molecule has 0 atom stereocenters. The van der Waals surface area contributed by atoms with Gasteiger partial charge in [-0.15, -0.1) is 0 Å². The molecule has 16 heavy (non-hydrogen) atoms. The predicted molar refractivity (Wildman–Crippen MR) is 61.6 cm³/mol. The lowest BCUT2D eigenvalue weighted by Gasteiger charge is -2.10. The lowest BCUT2D eigenvalue weighted by atomic mass is 9.98. The van der Waals surface area contributed by atoms with Gasteiger partial charge in [-0.2, -0.15) is 0 Å². The Labute approximate surface area is 93.2 Å². The van der Waals surface area contributed by atoms with E-state index in [9.17, 15) is 15.3 Å². The van der Waals surface area contributed by atoms with E-state index in [-0.39, 0.29) is 17.2 Å². The van der Waals surface area contributed by atoms with Crippen LogP contribution in [0.1, 0.15) is 5.56 Å². The van der Waals surface area contributed by atoms with Crippen LogP contribution in [0.2, 0.25) is 0 Å². The molecule has 0 unspecified atom stereocenters. The molecule has 0 spiro atoms. The van der Waals surface area contributed by atoms with E-state index in [2.05, 4.69) is 0 Å². The summed E-state index contributed by atoms with van der Waals surface area (Å²) >= 11 is 0. The molecule has 0 aliphatic carbocycles. The van der Waals surface area contributed by atoms with Crippen molar-refractivity contribution in [3.8, 4) is 28.4 Å². The van der Waals surface area contributed by atoms with Crippen LogP contribution in [0.3, 0.4) is 0 Å². The Morgan fingerprint density at radius 2 is 1.50 bits per heavy atom. The van der Waals surface area contributed by atoms with Gasteiger partial charge in [0, 0.05) is 0 Å². The van der Waals surface area contributed by atoms with Gasteiger partial charge in [0.1, 0.15) is 17.2 Å². The lowest BCUT2D eigenvalue weighted by Crippen LogP contribution is -1.84. The molecule has 0 radical (unpaired) electrons. The highest BCUT2D eigenvalue weighted by atomic mass is 16.3. The molecule has 3 nitrogen and oxygen atoms in total. The molecule has 0 amide bonds. The fraction of sp³-hybridized carbons (Fsp3) is 0.0769. The number of rotatable bonds is 1. The van der Waals surface area contributed by atoms with Crippen LogP contribution in [-0.4, -0.2) is 15.3 Å². The minimum absolute atomic E-state index is 0.0220. The van der Waals surface area contributed by atoms with Crippen molar-refractivity contribution in [2.45, 2.75) is 6.92 Å². The Morgan fingerprint density at radius 3 is 2.06 bits per heavy atom. The summed E-state index contributed by atoms with van der Waals surface area (Å²) in [5.41, 5.74) is 1.88. The zero-order valence-corrected chi connectivity index (χ0v) is 8.81. The summed E-state index contributed by atoms with van der Waals surface area (Å²) in [4.78, 5) is 0. The van der Waals surface area contributed by atoms with Crippen molar-refractivity contribution in [3.05, 3.63) is 42.0 Å². The van der Waals surface area contributed by atoms with Gasteiger partial charge in [0.15, 0.2) is 0 Å². The Morgan fingerprint density at radius 1 is 0.875 bits per heavy atom. The molecule has 0 heterocycles.